The zero-order valence-electron chi connectivity index (χ0n) is 13.8. The molecule has 0 aromatic rings. The molecule has 1 aliphatic heterocycles. The average molecular weight is 297 g/mol. The number of nitrogens with one attached hydrogen (secondary N) is 1. The summed E-state index contributed by atoms with van der Waals surface area (Å²) in [5.41, 5.74) is -1.20. The molecular weight excluding hydrogens is 266 g/mol. The van der Waals surface area contributed by atoms with Gasteiger partial charge < -0.3 is 15.3 Å². The lowest BCUT2D eigenvalue weighted by Crippen LogP contribution is -2.61. The maximum absolute atomic E-state index is 12.6. The highest BCUT2D eigenvalue weighted by atomic mass is 16.3. The minimum atomic E-state index is -0.688. The van der Waals surface area contributed by atoms with Crippen LogP contribution in [0.2, 0.25) is 0 Å². The van der Waals surface area contributed by atoms with Gasteiger partial charge in [-0.15, -0.1) is 0 Å². The first-order valence-electron chi connectivity index (χ1n) is 8.28. The van der Waals surface area contributed by atoms with E-state index in [1.54, 1.807) is 0 Å². The Bertz CT molecular complexity index is 357. The van der Waals surface area contributed by atoms with Gasteiger partial charge in [0.15, 0.2) is 0 Å². The van der Waals surface area contributed by atoms with E-state index in [1.165, 1.54) is 6.42 Å². The van der Waals surface area contributed by atoms with Crippen LogP contribution in [0.1, 0.15) is 46.0 Å². The van der Waals surface area contributed by atoms with Crippen LogP contribution in [0, 0.1) is 0 Å². The molecule has 5 nitrogen and oxygen atoms in total. The standard InChI is InChI=1S/C16H31N3O2/c1-15(2,19-11-9-18(3)10-12-19)14(20)17-13-16(21)7-5-4-6-8-16/h21H,4-13H2,1-3H3,(H,17,20). The Morgan fingerprint density at radius 3 is 2.29 bits per heavy atom. The van der Waals surface area contributed by atoms with Crippen molar-refractivity contribution in [2.45, 2.75) is 57.1 Å². The van der Waals surface area contributed by atoms with Crippen LogP contribution in [0.25, 0.3) is 0 Å². The highest BCUT2D eigenvalue weighted by Crippen LogP contribution is 2.27. The molecule has 0 atom stereocenters. The van der Waals surface area contributed by atoms with Crippen molar-refractivity contribution in [3.05, 3.63) is 0 Å². The number of amides is 1. The van der Waals surface area contributed by atoms with Crippen molar-refractivity contribution in [3.63, 3.8) is 0 Å². The molecule has 21 heavy (non-hydrogen) atoms. The highest BCUT2D eigenvalue weighted by molar-refractivity contribution is 5.85. The minimum Gasteiger partial charge on any atom is -0.388 e. The van der Waals surface area contributed by atoms with E-state index in [1.807, 2.05) is 13.8 Å². The molecule has 5 heteroatoms. The van der Waals surface area contributed by atoms with Crippen molar-refractivity contribution < 1.29 is 9.90 Å². The molecule has 0 bridgehead atoms. The summed E-state index contributed by atoms with van der Waals surface area (Å²) in [6.45, 7) is 8.20. The number of carbonyl (C=O) groups is 1. The van der Waals surface area contributed by atoms with E-state index < -0.39 is 11.1 Å². The van der Waals surface area contributed by atoms with Crippen LogP contribution < -0.4 is 5.32 Å². The largest absolute Gasteiger partial charge is 0.388 e. The van der Waals surface area contributed by atoms with Gasteiger partial charge in [0.1, 0.15) is 0 Å². The van der Waals surface area contributed by atoms with Crippen LogP contribution in [0.15, 0.2) is 0 Å². The third-order valence-corrected chi connectivity index (χ3v) is 5.21. The lowest BCUT2D eigenvalue weighted by molar-refractivity contribution is -0.134. The topological polar surface area (TPSA) is 55.8 Å². The lowest BCUT2D eigenvalue weighted by Gasteiger charge is -2.42. The Hall–Kier alpha value is -0.650. The van der Waals surface area contributed by atoms with Crippen molar-refractivity contribution in [2.24, 2.45) is 0 Å². The Labute approximate surface area is 128 Å². The molecule has 2 aliphatic rings. The summed E-state index contributed by atoms with van der Waals surface area (Å²) >= 11 is 0. The van der Waals surface area contributed by atoms with Crippen LogP contribution in [0.3, 0.4) is 0 Å². The number of nitrogens with zero attached hydrogens (tertiary/aromatic N) is 2. The number of likely N-dealkylation sites (N-methyl/N-ethyl adjacent to an activating group) is 1. The van der Waals surface area contributed by atoms with Gasteiger partial charge in [0.2, 0.25) is 5.91 Å². The Kier molecular flexibility index (Phi) is 5.28. The van der Waals surface area contributed by atoms with Crippen molar-refractivity contribution in [1.82, 2.24) is 15.1 Å². The maximum Gasteiger partial charge on any atom is 0.240 e. The monoisotopic (exact) mass is 297 g/mol. The first-order valence-corrected chi connectivity index (χ1v) is 8.28. The third-order valence-electron chi connectivity index (χ3n) is 5.21. The molecule has 122 valence electrons. The normalized spacial score (nSPS) is 24.8. The summed E-state index contributed by atoms with van der Waals surface area (Å²) in [5.74, 6) is 0.0334. The van der Waals surface area contributed by atoms with Gasteiger partial charge in [-0.05, 0) is 33.7 Å². The molecule has 0 aromatic heterocycles. The quantitative estimate of drug-likeness (QED) is 0.807. The highest BCUT2D eigenvalue weighted by Gasteiger charge is 2.37. The lowest BCUT2D eigenvalue weighted by atomic mass is 9.84. The molecule has 1 saturated heterocycles. The van der Waals surface area contributed by atoms with E-state index in [2.05, 4.69) is 22.2 Å². The second-order valence-corrected chi connectivity index (χ2v) is 7.32. The van der Waals surface area contributed by atoms with Crippen LogP contribution in [-0.2, 0) is 4.79 Å². The van der Waals surface area contributed by atoms with Crippen molar-refractivity contribution in [2.75, 3.05) is 39.8 Å². The SMILES string of the molecule is CN1CCN(C(C)(C)C(=O)NCC2(O)CCCCC2)CC1. The van der Waals surface area contributed by atoms with Crippen molar-refractivity contribution in [3.8, 4) is 0 Å². The average Bonchev–Trinajstić information content (AvgIpc) is 2.46. The zero-order chi connectivity index (χ0) is 15.5. The van der Waals surface area contributed by atoms with E-state index in [4.69, 9.17) is 0 Å². The van der Waals surface area contributed by atoms with Crippen molar-refractivity contribution >= 4 is 5.91 Å². The van der Waals surface area contributed by atoms with Crippen molar-refractivity contribution in [1.29, 1.82) is 0 Å². The summed E-state index contributed by atoms with van der Waals surface area (Å²) in [7, 11) is 2.11. The fourth-order valence-corrected chi connectivity index (χ4v) is 3.36. The Morgan fingerprint density at radius 1 is 1.14 bits per heavy atom. The number of aliphatic hydroxyl groups is 1. The van der Waals surface area contributed by atoms with Gasteiger partial charge >= 0.3 is 0 Å². The first-order chi connectivity index (χ1) is 9.83. The molecule has 1 saturated carbocycles. The van der Waals surface area contributed by atoms with E-state index in [9.17, 15) is 9.90 Å². The molecule has 1 amide bonds. The zero-order valence-corrected chi connectivity index (χ0v) is 13.8. The van der Waals surface area contributed by atoms with Gasteiger partial charge in [-0.2, -0.15) is 0 Å². The summed E-state index contributed by atoms with van der Waals surface area (Å²) in [4.78, 5) is 17.1. The van der Waals surface area contributed by atoms with Gasteiger partial charge in [0.05, 0.1) is 11.1 Å². The fraction of sp³-hybridized carbons (Fsp3) is 0.938. The molecular formula is C16H31N3O2. The number of rotatable bonds is 4. The second kappa shape index (κ2) is 6.63. The molecule has 2 N–H and O–H groups in total. The molecule has 0 spiro atoms. The molecule has 1 heterocycles. The van der Waals surface area contributed by atoms with Gasteiger partial charge in [0, 0.05) is 32.7 Å². The predicted molar refractivity (Wildman–Crippen MR) is 84.2 cm³/mol. The first kappa shape index (κ1) is 16.7. The summed E-state index contributed by atoms with van der Waals surface area (Å²) in [5, 5.41) is 13.5. The number of hydrogen-bond donors (Lipinski definition) is 2. The van der Waals surface area contributed by atoms with E-state index in [0.717, 1.165) is 51.9 Å². The number of piperazine rings is 1. The molecule has 2 fully saturated rings. The molecule has 0 unspecified atom stereocenters. The number of carbonyl (C=O) groups excluding carboxylic acids is 1. The fourth-order valence-electron chi connectivity index (χ4n) is 3.36. The molecule has 0 radical (unpaired) electrons. The second-order valence-electron chi connectivity index (χ2n) is 7.32. The Morgan fingerprint density at radius 2 is 1.71 bits per heavy atom. The third kappa shape index (κ3) is 4.18. The van der Waals surface area contributed by atoms with Crippen LogP contribution in [0.4, 0.5) is 0 Å². The van der Waals surface area contributed by atoms with E-state index >= 15 is 0 Å². The van der Waals surface area contributed by atoms with Gasteiger partial charge in [-0.1, -0.05) is 19.3 Å². The van der Waals surface area contributed by atoms with E-state index in [0.29, 0.717) is 6.54 Å². The van der Waals surface area contributed by atoms with E-state index in [-0.39, 0.29) is 5.91 Å². The summed E-state index contributed by atoms with van der Waals surface area (Å²) in [6.07, 6.45) is 4.94. The minimum absolute atomic E-state index is 0.0334. The molecule has 1 aliphatic carbocycles. The van der Waals surface area contributed by atoms with Crippen LogP contribution in [0.5, 0.6) is 0 Å². The van der Waals surface area contributed by atoms with Gasteiger partial charge in [-0.3, -0.25) is 9.69 Å². The maximum atomic E-state index is 12.6. The smallest absolute Gasteiger partial charge is 0.240 e. The molecule has 0 aromatic carbocycles. The van der Waals surface area contributed by atoms with Gasteiger partial charge in [-0.25, -0.2) is 0 Å². The van der Waals surface area contributed by atoms with Crippen LogP contribution in [-0.4, -0.2) is 71.7 Å². The summed E-state index contributed by atoms with van der Waals surface area (Å²) in [6, 6.07) is 0. The molecule has 2 rings (SSSR count). The predicted octanol–water partition coefficient (Wildman–Crippen LogP) is 0.824. The van der Waals surface area contributed by atoms with Gasteiger partial charge in [0.25, 0.3) is 0 Å². The number of hydrogen-bond acceptors (Lipinski definition) is 4. The summed E-state index contributed by atoms with van der Waals surface area (Å²) < 4.78 is 0. The Balaban J connectivity index is 1.86. The van der Waals surface area contributed by atoms with Crippen LogP contribution >= 0.6 is 0 Å².